The van der Waals surface area contributed by atoms with Gasteiger partial charge in [0.05, 0.1) is 0 Å². The van der Waals surface area contributed by atoms with Gasteiger partial charge < -0.3 is 10.0 Å². The Balaban J connectivity index is 4.73. The van der Waals surface area contributed by atoms with Crippen molar-refractivity contribution in [3.8, 4) is 12.3 Å². The van der Waals surface area contributed by atoms with Crippen LogP contribution in [-0.4, -0.2) is 34.0 Å². The number of rotatable bonds is 3. The molecule has 1 amide bonds. The van der Waals surface area contributed by atoms with Crippen LogP contribution < -0.4 is 0 Å². The minimum Gasteiger partial charge on any atom is -0.480 e. The van der Waals surface area contributed by atoms with E-state index in [1.165, 1.54) is 6.92 Å². The second kappa shape index (κ2) is 4.51. The zero-order valence-electron chi connectivity index (χ0n) is 7.94. The van der Waals surface area contributed by atoms with Crippen molar-refractivity contribution >= 4 is 11.9 Å². The monoisotopic (exact) mass is 183 g/mol. The quantitative estimate of drug-likeness (QED) is 0.641. The molecule has 0 saturated heterocycles. The number of carboxylic acid groups (broad SMARTS) is 1. The molecular weight excluding hydrogens is 170 g/mol. The van der Waals surface area contributed by atoms with Gasteiger partial charge in [0.25, 0.3) is 5.91 Å². The third-order valence-electron chi connectivity index (χ3n) is 1.69. The lowest BCUT2D eigenvalue weighted by atomic mass is 10.2. The van der Waals surface area contributed by atoms with Crippen molar-refractivity contribution in [2.75, 3.05) is 0 Å². The third-order valence-corrected chi connectivity index (χ3v) is 1.69. The van der Waals surface area contributed by atoms with Crippen LogP contribution in [0.4, 0.5) is 0 Å². The average Bonchev–Trinajstić information content (AvgIpc) is 2.03. The normalized spacial score (nSPS) is 11.9. The van der Waals surface area contributed by atoms with Crippen molar-refractivity contribution in [1.82, 2.24) is 4.90 Å². The van der Waals surface area contributed by atoms with Crippen LogP contribution in [0.3, 0.4) is 0 Å². The maximum Gasteiger partial charge on any atom is 0.326 e. The van der Waals surface area contributed by atoms with Gasteiger partial charge in [-0.2, -0.15) is 0 Å². The van der Waals surface area contributed by atoms with Crippen LogP contribution >= 0.6 is 0 Å². The number of aliphatic carboxylic acids is 1. The van der Waals surface area contributed by atoms with E-state index in [2.05, 4.69) is 0 Å². The smallest absolute Gasteiger partial charge is 0.326 e. The van der Waals surface area contributed by atoms with E-state index in [-0.39, 0.29) is 6.04 Å². The van der Waals surface area contributed by atoms with Gasteiger partial charge in [0.2, 0.25) is 0 Å². The Morgan fingerprint density at radius 3 is 2.08 bits per heavy atom. The Kier molecular flexibility index (Phi) is 3.99. The van der Waals surface area contributed by atoms with Gasteiger partial charge >= 0.3 is 5.97 Å². The molecule has 0 aromatic carbocycles. The lowest BCUT2D eigenvalue weighted by Gasteiger charge is -2.28. The molecule has 0 aromatic rings. The largest absolute Gasteiger partial charge is 0.480 e. The molecule has 0 aromatic heterocycles. The number of hydrogen-bond donors (Lipinski definition) is 1. The van der Waals surface area contributed by atoms with Crippen LogP contribution in [0, 0.1) is 12.3 Å². The van der Waals surface area contributed by atoms with Crippen molar-refractivity contribution < 1.29 is 14.7 Å². The molecule has 0 aliphatic carbocycles. The van der Waals surface area contributed by atoms with Crippen LogP contribution in [0.5, 0.6) is 0 Å². The van der Waals surface area contributed by atoms with Gasteiger partial charge in [-0.25, -0.2) is 4.79 Å². The predicted molar refractivity (Wildman–Crippen MR) is 47.9 cm³/mol. The lowest BCUT2D eigenvalue weighted by molar-refractivity contribution is -0.148. The molecule has 0 spiro atoms. The fraction of sp³-hybridized carbons (Fsp3) is 0.556. The molecule has 0 aliphatic rings. The Labute approximate surface area is 77.5 Å². The van der Waals surface area contributed by atoms with Crippen LogP contribution in [0.1, 0.15) is 20.8 Å². The highest BCUT2D eigenvalue weighted by Gasteiger charge is 2.26. The third kappa shape index (κ3) is 2.79. The molecule has 72 valence electrons. The van der Waals surface area contributed by atoms with Gasteiger partial charge in [0, 0.05) is 6.04 Å². The van der Waals surface area contributed by atoms with Crippen LogP contribution in [0.2, 0.25) is 0 Å². The summed E-state index contributed by atoms with van der Waals surface area (Å²) in [5, 5.41) is 8.68. The van der Waals surface area contributed by atoms with E-state index < -0.39 is 17.9 Å². The molecule has 13 heavy (non-hydrogen) atoms. The first-order chi connectivity index (χ1) is 5.91. The van der Waals surface area contributed by atoms with Crippen molar-refractivity contribution in [2.24, 2.45) is 0 Å². The fourth-order valence-corrected chi connectivity index (χ4v) is 1.05. The molecule has 0 aliphatic heterocycles. The van der Waals surface area contributed by atoms with Gasteiger partial charge in [-0.1, -0.05) is 0 Å². The van der Waals surface area contributed by atoms with Crippen LogP contribution in [0.15, 0.2) is 0 Å². The summed E-state index contributed by atoms with van der Waals surface area (Å²) in [6.07, 6.45) is 4.91. The summed E-state index contributed by atoms with van der Waals surface area (Å²) in [4.78, 5) is 22.9. The second-order valence-electron chi connectivity index (χ2n) is 2.96. The molecule has 0 bridgehead atoms. The molecule has 1 atom stereocenters. The van der Waals surface area contributed by atoms with Crippen LogP contribution in [0.25, 0.3) is 0 Å². The fourth-order valence-electron chi connectivity index (χ4n) is 1.05. The van der Waals surface area contributed by atoms with Crippen molar-refractivity contribution in [2.45, 2.75) is 32.9 Å². The molecule has 0 saturated carbocycles. The first-order valence-corrected chi connectivity index (χ1v) is 3.93. The van der Waals surface area contributed by atoms with Gasteiger partial charge in [0.15, 0.2) is 0 Å². The van der Waals surface area contributed by atoms with E-state index >= 15 is 0 Å². The van der Waals surface area contributed by atoms with E-state index in [0.717, 1.165) is 4.90 Å². The predicted octanol–water partition coefficient (Wildman–Crippen LogP) is 0.330. The summed E-state index contributed by atoms with van der Waals surface area (Å²) in [6, 6.07) is -1.10. The second-order valence-corrected chi connectivity index (χ2v) is 2.96. The molecule has 4 heteroatoms. The first kappa shape index (κ1) is 11.5. The number of terminal acetylenes is 1. The van der Waals surface area contributed by atoms with E-state index in [1.807, 2.05) is 5.92 Å². The molecule has 0 radical (unpaired) electrons. The first-order valence-electron chi connectivity index (χ1n) is 3.93. The van der Waals surface area contributed by atoms with Gasteiger partial charge in [-0.3, -0.25) is 4.79 Å². The molecule has 0 unspecified atom stereocenters. The lowest BCUT2D eigenvalue weighted by Crippen LogP contribution is -2.46. The highest BCUT2D eigenvalue weighted by atomic mass is 16.4. The Bertz CT molecular complexity index is 252. The summed E-state index contributed by atoms with van der Waals surface area (Å²) < 4.78 is 0. The SMILES string of the molecule is C#CC(=O)N(C(C)C)[C@@H](C)C(=O)O. The number of hydrogen-bond acceptors (Lipinski definition) is 2. The molecule has 1 N–H and O–H groups in total. The summed E-state index contributed by atoms with van der Waals surface area (Å²) >= 11 is 0. The Morgan fingerprint density at radius 2 is 1.85 bits per heavy atom. The Hall–Kier alpha value is -1.50. The molecule has 4 nitrogen and oxygen atoms in total. The molecule has 0 heterocycles. The van der Waals surface area contributed by atoms with Gasteiger partial charge in [-0.15, -0.1) is 6.42 Å². The summed E-state index contributed by atoms with van der Waals surface area (Å²) in [6.45, 7) is 4.86. The van der Waals surface area contributed by atoms with Crippen molar-refractivity contribution in [3.63, 3.8) is 0 Å². The Morgan fingerprint density at radius 1 is 1.38 bits per heavy atom. The van der Waals surface area contributed by atoms with E-state index in [4.69, 9.17) is 11.5 Å². The van der Waals surface area contributed by atoms with E-state index in [1.54, 1.807) is 13.8 Å². The number of carboxylic acids is 1. The van der Waals surface area contributed by atoms with Crippen LogP contribution in [-0.2, 0) is 9.59 Å². The summed E-state index contributed by atoms with van der Waals surface area (Å²) in [5.74, 6) is 0.255. The van der Waals surface area contributed by atoms with Crippen molar-refractivity contribution in [1.29, 1.82) is 0 Å². The van der Waals surface area contributed by atoms with E-state index in [0.29, 0.717) is 0 Å². The maximum absolute atomic E-state index is 11.1. The number of carbonyl (C=O) groups is 2. The summed E-state index contributed by atoms with van der Waals surface area (Å²) in [5.41, 5.74) is 0. The maximum atomic E-state index is 11.1. The minimum atomic E-state index is -1.06. The highest BCUT2D eigenvalue weighted by molar-refractivity contribution is 5.95. The number of amides is 1. The van der Waals surface area contributed by atoms with E-state index in [9.17, 15) is 9.59 Å². The van der Waals surface area contributed by atoms with Crippen molar-refractivity contribution in [3.05, 3.63) is 0 Å². The standard InChI is InChI=1S/C9H13NO3/c1-5-8(11)10(6(2)3)7(4)9(12)13/h1,6-7H,2-4H3,(H,12,13)/t7-/m0/s1. The molecule has 0 rings (SSSR count). The molecular formula is C9H13NO3. The highest BCUT2D eigenvalue weighted by Crippen LogP contribution is 2.05. The zero-order chi connectivity index (χ0) is 10.6. The average molecular weight is 183 g/mol. The van der Waals surface area contributed by atoms with Gasteiger partial charge in [0.1, 0.15) is 6.04 Å². The number of carbonyl (C=O) groups excluding carboxylic acids is 1. The minimum absolute atomic E-state index is 0.213. The topological polar surface area (TPSA) is 57.6 Å². The zero-order valence-corrected chi connectivity index (χ0v) is 7.94. The number of nitrogens with zero attached hydrogens (tertiary/aromatic N) is 1. The van der Waals surface area contributed by atoms with Gasteiger partial charge in [-0.05, 0) is 26.7 Å². The summed E-state index contributed by atoms with van der Waals surface area (Å²) in [7, 11) is 0. The molecule has 0 fully saturated rings.